The standard InChI is InChI=1S/C25H20ClIN2O3/c1-31-20-9-7-19(8-10-20)29-25(30)18(15-28)11-16-12-23(27)21(24(13-16)32-2)14-17-5-3-4-6-22(17)26/h3-13H,14H2,1-2H3,(H,29,30)/b18-11+. The minimum absolute atomic E-state index is 0.0162. The number of carbonyl (C=O) groups is 1. The first-order valence-corrected chi connectivity index (χ1v) is 11.1. The number of nitriles is 1. The van der Waals surface area contributed by atoms with Crippen LogP contribution < -0.4 is 14.8 Å². The highest BCUT2D eigenvalue weighted by Crippen LogP contribution is 2.31. The molecule has 1 N–H and O–H groups in total. The zero-order valence-electron chi connectivity index (χ0n) is 17.5. The van der Waals surface area contributed by atoms with Gasteiger partial charge in [-0.15, -0.1) is 0 Å². The molecule has 0 atom stereocenters. The van der Waals surface area contributed by atoms with E-state index in [2.05, 4.69) is 27.9 Å². The Bertz CT molecular complexity index is 1200. The second kappa shape index (κ2) is 11.0. The second-order valence-corrected chi connectivity index (χ2v) is 8.37. The molecule has 0 bridgehead atoms. The van der Waals surface area contributed by atoms with E-state index in [1.54, 1.807) is 44.6 Å². The van der Waals surface area contributed by atoms with Gasteiger partial charge in [-0.2, -0.15) is 5.26 Å². The van der Waals surface area contributed by atoms with Gasteiger partial charge in [0.1, 0.15) is 23.1 Å². The molecular formula is C25H20ClIN2O3. The maximum atomic E-state index is 12.6. The topological polar surface area (TPSA) is 71.3 Å². The molecule has 3 aromatic rings. The van der Waals surface area contributed by atoms with Gasteiger partial charge in [0, 0.05) is 26.3 Å². The lowest BCUT2D eigenvalue weighted by Gasteiger charge is -2.13. The molecule has 0 spiro atoms. The summed E-state index contributed by atoms with van der Waals surface area (Å²) in [6.45, 7) is 0. The molecule has 0 aromatic heterocycles. The van der Waals surface area contributed by atoms with E-state index in [4.69, 9.17) is 21.1 Å². The van der Waals surface area contributed by atoms with Crippen LogP contribution in [-0.2, 0) is 11.2 Å². The lowest BCUT2D eigenvalue weighted by molar-refractivity contribution is -0.112. The Morgan fingerprint density at radius 2 is 1.84 bits per heavy atom. The Kier molecular flexibility index (Phi) is 8.14. The molecule has 0 heterocycles. The van der Waals surface area contributed by atoms with Gasteiger partial charge in [-0.1, -0.05) is 29.8 Å². The number of hydrogen-bond acceptors (Lipinski definition) is 4. The molecule has 0 fully saturated rings. The predicted octanol–water partition coefficient (Wildman–Crippen LogP) is 6.10. The largest absolute Gasteiger partial charge is 0.497 e. The van der Waals surface area contributed by atoms with Gasteiger partial charge < -0.3 is 14.8 Å². The number of hydrogen-bond donors (Lipinski definition) is 1. The monoisotopic (exact) mass is 558 g/mol. The van der Waals surface area contributed by atoms with E-state index in [0.29, 0.717) is 34.2 Å². The highest BCUT2D eigenvalue weighted by Gasteiger charge is 2.14. The second-order valence-electron chi connectivity index (χ2n) is 6.80. The third kappa shape index (κ3) is 5.81. The number of ether oxygens (including phenoxy) is 2. The predicted molar refractivity (Wildman–Crippen MR) is 135 cm³/mol. The lowest BCUT2D eigenvalue weighted by atomic mass is 10.0. The van der Waals surface area contributed by atoms with Crippen molar-refractivity contribution in [2.24, 2.45) is 0 Å². The number of benzene rings is 3. The number of nitrogens with one attached hydrogen (secondary N) is 1. The number of carbonyl (C=O) groups excluding carboxylic acids is 1. The van der Waals surface area contributed by atoms with Crippen LogP contribution in [0.4, 0.5) is 5.69 Å². The van der Waals surface area contributed by atoms with Crippen LogP contribution in [-0.4, -0.2) is 20.1 Å². The van der Waals surface area contributed by atoms with Crippen LogP contribution in [0.5, 0.6) is 11.5 Å². The van der Waals surface area contributed by atoms with Gasteiger partial charge in [0.2, 0.25) is 0 Å². The Morgan fingerprint density at radius 1 is 1.12 bits per heavy atom. The van der Waals surface area contributed by atoms with E-state index in [1.807, 2.05) is 42.5 Å². The van der Waals surface area contributed by atoms with E-state index in [0.717, 1.165) is 14.7 Å². The molecule has 3 rings (SSSR count). The fourth-order valence-corrected chi connectivity index (χ4v) is 4.11. The van der Waals surface area contributed by atoms with Crippen molar-refractivity contribution in [2.75, 3.05) is 19.5 Å². The van der Waals surface area contributed by atoms with Crippen molar-refractivity contribution in [3.05, 3.63) is 91.5 Å². The average Bonchev–Trinajstić information content (AvgIpc) is 2.80. The highest BCUT2D eigenvalue weighted by atomic mass is 127. The Morgan fingerprint density at radius 3 is 2.47 bits per heavy atom. The van der Waals surface area contributed by atoms with Crippen LogP contribution in [0.3, 0.4) is 0 Å². The molecule has 32 heavy (non-hydrogen) atoms. The molecule has 0 saturated carbocycles. The van der Waals surface area contributed by atoms with Gasteiger partial charge in [0.15, 0.2) is 0 Å². The Labute approximate surface area is 205 Å². The molecule has 0 aliphatic rings. The van der Waals surface area contributed by atoms with Crippen molar-refractivity contribution in [3.8, 4) is 17.6 Å². The maximum absolute atomic E-state index is 12.6. The van der Waals surface area contributed by atoms with E-state index >= 15 is 0 Å². The number of anilines is 1. The average molecular weight is 559 g/mol. The summed E-state index contributed by atoms with van der Waals surface area (Å²) in [5, 5.41) is 13.0. The summed E-state index contributed by atoms with van der Waals surface area (Å²) in [5.41, 5.74) is 3.22. The molecule has 0 saturated heterocycles. The highest BCUT2D eigenvalue weighted by molar-refractivity contribution is 14.1. The Hall–Kier alpha value is -3.02. The SMILES string of the molecule is COc1ccc(NC(=O)/C(C#N)=C/c2cc(I)c(Cc3ccccc3Cl)c(OC)c2)cc1. The molecular weight excluding hydrogens is 539 g/mol. The third-order valence-corrected chi connectivity index (χ3v) is 6.08. The van der Waals surface area contributed by atoms with E-state index in [-0.39, 0.29) is 5.57 Å². The minimum Gasteiger partial charge on any atom is -0.497 e. The zero-order valence-corrected chi connectivity index (χ0v) is 20.4. The van der Waals surface area contributed by atoms with Crippen LogP contribution >= 0.6 is 34.2 Å². The summed E-state index contributed by atoms with van der Waals surface area (Å²) < 4.78 is 11.7. The van der Waals surface area contributed by atoms with Crippen molar-refractivity contribution < 1.29 is 14.3 Å². The molecule has 162 valence electrons. The number of methoxy groups -OCH3 is 2. The van der Waals surface area contributed by atoms with E-state index in [1.165, 1.54) is 0 Å². The first kappa shape index (κ1) is 23.6. The van der Waals surface area contributed by atoms with Crippen molar-refractivity contribution in [1.29, 1.82) is 5.26 Å². The minimum atomic E-state index is -0.494. The zero-order chi connectivity index (χ0) is 23.1. The van der Waals surface area contributed by atoms with Gasteiger partial charge in [0.05, 0.1) is 14.2 Å². The van der Waals surface area contributed by atoms with Gasteiger partial charge in [-0.05, 0) is 82.3 Å². The molecule has 0 radical (unpaired) electrons. The summed E-state index contributed by atoms with van der Waals surface area (Å²) in [4.78, 5) is 12.6. The first-order chi connectivity index (χ1) is 15.4. The van der Waals surface area contributed by atoms with Gasteiger partial charge in [-0.25, -0.2) is 0 Å². The summed E-state index contributed by atoms with van der Waals surface area (Å²) in [5.74, 6) is 0.848. The van der Waals surface area contributed by atoms with E-state index < -0.39 is 5.91 Å². The smallest absolute Gasteiger partial charge is 0.266 e. The molecule has 0 unspecified atom stereocenters. The maximum Gasteiger partial charge on any atom is 0.266 e. The fraction of sp³-hybridized carbons (Fsp3) is 0.120. The van der Waals surface area contributed by atoms with Gasteiger partial charge >= 0.3 is 0 Å². The summed E-state index contributed by atoms with van der Waals surface area (Å²) >= 11 is 8.55. The molecule has 5 nitrogen and oxygen atoms in total. The van der Waals surface area contributed by atoms with Gasteiger partial charge in [0.25, 0.3) is 5.91 Å². The van der Waals surface area contributed by atoms with Crippen LogP contribution in [0.2, 0.25) is 5.02 Å². The molecule has 3 aromatic carbocycles. The third-order valence-electron chi connectivity index (χ3n) is 4.75. The Balaban J connectivity index is 1.87. The summed E-state index contributed by atoms with van der Waals surface area (Å²) in [6.07, 6.45) is 2.15. The van der Waals surface area contributed by atoms with Crippen LogP contribution in [0.25, 0.3) is 6.08 Å². The lowest BCUT2D eigenvalue weighted by Crippen LogP contribution is -2.13. The fourth-order valence-electron chi connectivity index (χ4n) is 3.09. The van der Waals surface area contributed by atoms with Crippen LogP contribution in [0.1, 0.15) is 16.7 Å². The summed E-state index contributed by atoms with van der Waals surface area (Å²) in [6, 6.07) is 20.2. The van der Waals surface area contributed by atoms with Crippen LogP contribution in [0.15, 0.2) is 66.2 Å². The molecule has 7 heteroatoms. The number of rotatable bonds is 7. The van der Waals surface area contributed by atoms with Crippen molar-refractivity contribution in [3.63, 3.8) is 0 Å². The number of amides is 1. The number of nitrogens with zero attached hydrogens (tertiary/aromatic N) is 1. The normalized spacial score (nSPS) is 10.9. The first-order valence-electron chi connectivity index (χ1n) is 9.62. The van der Waals surface area contributed by atoms with Crippen molar-refractivity contribution in [1.82, 2.24) is 0 Å². The molecule has 1 amide bonds. The quantitative estimate of drug-likeness (QED) is 0.216. The molecule has 0 aliphatic heterocycles. The number of halogens is 2. The van der Waals surface area contributed by atoms with Crippen molar-refractivity contribution >= 4 is 51.9 Å². The molecule has 0 aliphatic carbocycles. The summed E-state index contributed by atoms with van der Waals surface area (Å²) in [7, 11) is 3.16. The van der Waals surface area contributed by atoms with E-state index in [9.17, 15) is 10.1 Å². The van der Waals surface area contributed by atoms with Crippen LogP contribution in [0, 0.1) is 14.9 Å². The van der Waals surface area contributed by atoms with Gasteiger partial charge in [-0.3, -0.25) is 4.79 Å². The van der Waals surface area contributed by atoms with Crippen molar-refractivity contribution in [2.45, 2.75) is 6.42 Å².